The molecule has 3 nitrogen and oxygen atoms in total. The number of hydrogen-bond acceptors (Lipinski definition) is 3. The zero-order chi connectivity index (χ0) is 18.0. The van der Waals surface area contributed by atoms with Gasteiger partial charge in [0.15, 0.2) is 0 Å². The Morgan fingerprint density at radius 1 is 1.16 bits per heavy atom. The van der Waals surface area contributed by atoms with E-state index in [1.807, 2.05) is 50.2 Å². The van der Waals surface area contributed by atoms with Gasteiger partial charge in [0.05, 0.1) is 23.1 Å². The maximum Gasteiger partial charge on any atom is 0.0991 e. The first kappa shape index (κ1) is 16.6. The second-order valence-corrected chi connectivity index (χ2v) is 6.67. The predicted molar refractivity (Wildman–Crippen MR) is 101 cm³/mol. The highest BCUT2D eigenvalue weighted by Crippen LogP contribution is 2.34. The minimum atomic E-state index is -0.678. The van der Waals surface area contributed by atoms with Gasteiger partial charge in [-0.15, -0.1) is 0 Å². The molecule has 0 radical (unpaired) electrons. The Morgan fingerprint density at radius 3 is 2.68 bits per heavy atom. The van der Waals surface area contributed by atoms with Gasteiger partial charge < -0.3 is 5.32 Å². The number of hydrogen-bond donors (Lipinski definition) is 1. The molecule has 25 heavy (non-hydrogen) atoms. The van der Waals surface area contributed by atoms with Gasteiger partial charge in [0.1, 0.15) is 0 Å². The van der Waals surface area contributed by atoms with Gasteiger partial charge in [0.25, 0.3) is 0 Å². The number of benzene rings is 2. The number of fused-ring (bicyclic) bond motifs is 1. The maximum atomic E-state index is 9.86. The van der Waals surface area contributed by atoms with Gasteiger partial charge in [-0.2, -0.15) is 10.5 Å². The van der Waals surface area contributed by atoms with Gasteiger partial charge in [-0.1, -0.05) is 30.8 Å². The summed E-state index contributed by atoms with van der Waals surface area (Å²) < 4.78 is 0. The molecule has 0 aliphatic carbocycles. The molecule has 1 aliphatic heterocycles. The van der Waals surface area contributed by atoms with E-state index in [9.17, 15) is 5.26 Å². The first-order valence-electron chi connectivity index (χ1n) is 8.14. The highest BCUT2D eigenvalue weighted by molar-refractivity contribution is 5.78. The third-order valence-corrected chi connectivity index (χ3v) is 4.68. The number of nitrogens with one attached hydrogen (secondary N) is 1. The van der Waals surface area contributed by atoms with Crippen LogP contribution in [0.1, 0.15) is 36.1 Å². The summed E-state index contributed by atoms with van der Waals surface area (Å²) >= 11 is 0. The standard InChI is InChI=1S/C22H19N3/c1-15-9-19-7-8-20(11-21(19)25-16(15)2)22(3,14-24)12-17-5-4-6-18(10-17)13-23/h4-11,25H,2,12H2,1,3H3/t22-/m0/s1. The minimum Gasteiger partial charge on any atom is -0.355 e. The Bertz CT molecular complexity index is 969. The van der Waals surface area contributed by atoms with Crippen LogP contribution in [0, 0.1) is 22.7 Å². The topological polar surface area (TPSA) is 59.6 Å². The molecule has 0 fully saturated rings. The highest BCUT2D eigenvalue weighted by atomic mass is 14.9. The van der Waals surface area contributed by atoms with Crippen LogP contribution in [0.15, 0.2) is 60.3 Å². The summed E-state index contributed by atoms with van der Waals surface area (Å²) in [5.41, 5.74) is 5.92. The van der Waals surface area contributed by atoms with Gasteiger partial charge >= 0.3 is 0 Å². The summed E-state index contributed by atoms with van der Waals surface area (Å²) in [7, 11) is 0. The molecule has 3 rings (SSSR count). The zero-order valence-electron chi connectivity index (χ0n) is 14.4. The second-order valence-electron chi connectivity index (χ2n) is 6.67. The van der Waals surface area contributed by atoms with Crippen LogP contribution in [-0.2, 0) is 11.8 Å². The molecule has 0 amide bonds. The molecule has 3 heteroatoms. The van der Waals surface area contributed by atoms with E-state index in [-0.39, 0.29) is 0 Å². The zero-order valence-corrected chi connectivity index (χ0v) is 14.4. The number of nitriles is 2. The van der Waals surface area contributed by atoms with Gasteiger partial charge in [0, 0.05) is 11.4 Å². The van der Waals surface area contributed by atoms with E-state index in [1.54, 1.807) is 6.07 Å². The number of nitrogens with zero attached hydrogens (tertiary/aromatic N) is 2. The summed E-state index contributed by atoms with van der Waals surface area (Å²) in [4.78, 5) is 0. The van der Waals surface area contributed by atoms with Crippen molar-refractivity contribution >= 4 is 11.8 Å². The SMILES string of the molecule is C=C1Nc2cc([C@](C)(C#N)Cc3cccc(C#N)c3)ccc2C=C1C. The van der Waals surface area contributed by atoms with E-state index in [4.69, 9.17) is 5.26 Å². The largest absolute Gasteiger partial charge is 0.355 e. The lowest BCUT2D eigenvalue weighted by Gasteiger charge is -2.26. The molecule has 122 valence electrons. The average molecular weight is 325 g/mol. The molecule has 2 aromatic carbocycles. The molecule has 0 saturated heterocycles. The van der Waals surface area contributed by atoms with Crippen molar-refractivity contribution in [1.82, 2.24) is 0 Å². The fourth-order valence-corrected chi connectivity index (χ4v) is 3.08. The van der Waals surface area contributed by atoms with Crippen LogP contribution in [0.25, 0.3) is 6.08 Å². The van der Waals surface area contributed by atoms with Gasteiger partial charge in [-0.3, -0.25) is 0 Å². The minimum absolute atomic E-state index is 0.549. The first-order valence-corrected chi connectivity index (χ1v) is 8.14. The van der Waals surface area contributed by atoms with Crippen LogP contribution in [-0.4, -0.2) is 0 Å². The third-order valence-electron chi connectivity index (χ3n) is 4.68. The highest BCUT2D eigenvalue weighted by Gasteiger charge is 2.28. The second kappa shape index (κ2) is 6.30. The molecule has 1 atom stereocenters. The fraction of sp³-hybridized carbons (Fsp3) is 0.182. The molecular weight excluding hydrogens is 306 g/mol. The molecule has 0 spiro atoms. The lowest BCUT2D eigenvalue weighted by atomic mass is 9.77. The van der Waals surface area contributed by atoms with Crippen molar-refractivity contribution in [2.45, 2.75) is 25.7 Å². The monoisotopic (exact) mass is 325 g/mol. The Morgan fingerprint density at radius 2 is 1.96 bits per heavy atom. The maximum absolute atomic E-state index is 9.86. The Kier molecular flexibility index (Phi) is 4.17. The van der Waals surface area contributed by atoms with E-state index in [0.29, 0.717) is 12.0 Å². The number of allylic oxidation sites excluding steroid dienone is 1. The molecule has 1 heterocycles. The van der Waals surface area contributed by atoms with Crippen molar-refractivity contribution in [3.05, 3.63) is 82.6 Å². The summed E-state index contributed by atoms with van der Waals surface area (Å²) in [5.74, 6) is 0. The van der Waals surface area contributed by atoms with E-state index in [1.165, 1.54) is 0 Å². The predicted octanol–water partition coefficient (Wildman–Crippen LogP) is 4.92. The first-order chi connectivity index (χ1) is 11.9. The van der Waals surface area contributed by atoms with Crippen molar-refractivity contribution in [2.24, 2.45) is 0 Å². The lowest BCUT2D eigenvalue weighted by molar-refractivity contribution is 0.606. The molecule has 2 aromatic rings. The summed E-state index contributed by atoms with van der Waals surface area (Å²) in [6.07, 6.45) is 2.64. The number of anilines is 1. The molecule has 1 aliphatic rings. The van der Waals surface area contributed by atoms with E-state index in [0.717, 1.165) is 33.6 Å². The molecule has 0 unspecified atom stereocenters. The summed E-state index contributed by atoms with van der Waals surface area (Å²) in [5, 5.41) is 22.2. The van der Waals surface area contributed by atoms with E-state index >= 15 is 0 Å². The number of rotatable bonds is 3. The quantitative estimate of drug-likeness (QED) is 0.871. The van der Waals surface area contributed by atoms with Crippen LogP contribution in [0.5, 0.6) is 0 Å². The van der Waals surface area contributed by atoms with Crippen LogP contribution in [0.3, 0.4) is 0 Å². The van der Waals surface area contributed by atoms with Crippen molar-refractivity contribution in [2.75, 3.05) is 5.32 Å². The van der Waals surface area contributed by atoms with Crippen molar-refractivity contribution in [3.63, 3.8) is 0 Å². The molecule has 0 aromatic heterocycles. The summed E-state index contributed by atoms with van der Waals surface area (Å²) in [6, 6.07) is 18.1. The Labute approximate surface area is 148 Å². The van der Waals surface area contributed by atoms with Crippen LogP contribution < -0.4 is 5.32 Å². The smallest absolute Gasteiger partial charge is 0.0991 e. The molecule has 0 saturated carbocycles. The van der Waals surface area contributed by atoms with Crippen LogP contribution in [0.2, 0.25) is 0 Å². The lowest BCUT2D eigenvalue weighted by Crippen LogP contribution is -2.23. The summed E-state index contributed by atoms with van der Waals surface area (Å²) in [6.45, 7) is 7.98. The fourth-order valence-electron chi connectivity index (χ4n) is 3.08. The molecule has 1 N–H and O–H groups in total. The van der Waals surface area contributed by atoms with Crippen molar-refractivity contribution in [3.8, 4) is 12.1 Å². The Hall–Kier alpha value is -3.30. The van der Waals surface area contributed by atoms with Crippen LogP contribution >= 0.6 is 0 Å². The van der Waals surface area contributed by atoms with Crippen LogP contribution in [0.4, 0.5) is 5.69 Å². The van der Waals surface area contributed by atoms with Gasteiger partial charge in [0.2, 0.25) is 0 Å². The molecule has 0 bridgehead atoms. The molecular formula is C22H19N3. The third kappa shape index (κ3) is 3.18. The van der Waals surface area contributed by atoms with E-state index < -0.39 is 5.41 Å². The van der Waals surface area contributed by atoms with Crippen molar-refractivity contribution in [1.29, 1.82) is 10.5 Å². The Balaban J connectivity index is 1.98. The normalized spacial score (nSPS) is 15.0. The van der Waals surface area contributed by atoms with Gasteiger partial charge in [-0.25, -0.2) is 0 Å². The van der Waals surface area contributed by atoms with Gasteiger partial charge in [-0.05, 0) is 66.8 Å². The van der Waals surface area contributed by atoms with Crippen molar-refractivity contribution < 1.29 is 0 Å². The average Bonchev–Trinajstić information content (AvgIpc) is 2.62. The van der Waals surface area contributed by atoms with E-state index in [2.05, 4.69) is 30.1 Å².